The molecule has 6 nitrogen and oxygen atoms in total. The average molecular weight is 379 g/mol. The van der Waals surface area contributed by atoms with E-state index in [0.717, 1.165) is 0 Å². The number of carbonyl (C=O) groups excluding carboxylic acids is 2. The Bertz CT molecular complexity index is 703. The van der Waals surface area contributed by atoms with Crippen molar-refractivity contribution >= 4 is 33.7 Å². The van der Waals surface area contributed by atoms with Gasteiger partial charge in [-0.2, -0.15) is 0 Å². The Morgan fingerprint density at radius 2 is 1.70 bits per heavy atom. The van der Waals surface area contributed by atoms with Crippen molar-refractivity contribution in [3.05, 3.63) is 46.5 Å². The zero-order valence-electron chi connectivity index (χ0n) is 12.0. The molecule has 2 bridgehead atoms. The fourth-order valence-electron chi connectivity index (χ4n) is 3.43. The van der Waals surface area contributed by atoms with Crippen LogP contribution in [0.1, 0.15) is 16.8 Å². The fraction of sp³-hybridized carbons (Fsp3) is 0.312. The molecule has 0 heterocycles. The van der Waals surface area contributed by atoms with Crippen molar-refractivity contribution in [3.63, 3.8) is 0 Å². The zero-order valence-corrected chi connectivity index (χ0v) is 13.6. The van der Waals surface area contributed by atoms with Gasteiger partial charge in [-0.15, -0.1) is 0 Å². The Labute approximate surface area is 141 Å². The first kappa shape index (κ1) is 15.7. The van der Waals surface area contributed by atoms with Gasteiger partial charge < -0.3 is 5.11 Å². The lowest BCUT2D eigenvalue weighted by Gasteiger charge is -2.23. The molecule has 3 rings (SSSR count). The lowest BCUT2D eigenvalue weighted by molar-refractivity contribution is -0.148. The highest BCUT2D eigenvalue weighted by molar-refractivity contribution is 9.10. The van der Waals surface area contributed by atoms with Crippen molar-refractivity contribution < 1.29 is 19.5 Å². The van der Waals surface area contributed by atoms with Crippen LogP contribution in [-0.2, 0) is 9.59 Å². The highest BCUT2D eigenvalue weighted by Gasteiger charge is 2.51. The van der Waals surface area contributed by atoms with Crippen LogP contribution in [0.15, 0.2) is 40.9 Å². The van der Waals surface area contributed by atoms with Gasteiger partial charge in [0.25, 0.3) is 5.91 Å². The molecule has 0 saturated heterocycles. The van der Waals surface area contributed by atoms with Crippen LogP contribution in [0.2, 0.25) is 0 Å². The Kier molecular flexibility index (Phi) is 4.21. The Morgan fingerprint density at radius 3 is 2.35 bits per heavy atom. The summed E-state index contributed by atoms with van der Waals surface area (Å²) in [6, 6.07) is 6.82. The van der Waals surface area contributed by atoms with Crippen LogP contribution in [0.25, 0.3) is 0 Å². The van der Waals surface area contributed by atoms with Crippen LogP contribution < -0.4 is 10.9 Å². The van der Waals surface area contributed by atoms with Gasteiger partial charge in [0.2, 0.25) is 5.91 Å². The summed E-state index contributed by atoms with van der Waals surface area (Å²) in [6.07, 6.45) is 4.43. The second-order valence-corrected chi connectivity index (χ2v) is 6.62. The number of hydrogen-bond donors (Lipinski definition) is 3. The van der Waals surface area contributed by atoms with Gasteiger partial charge in [0.05, 0.1) is 17.4 Å². The lowest BCUT2D eigenvalue weighted by Crippen LogP contribution is -2.48. The minimum atomic E-state index is -0.973. The normalized spacial score (nSPS) is 27.7. The number of benzene rings is 1. The number of hydrogen-bond acceptors (Lipinski definition) is 3. The summed E-state index contributed by atoms with van der Waals surface area (Å²) >= 11 is 3.26. The van der Waals surface area contributed by atoms with Crippen molar-refractivity contribution in [2.45, 2.75) is 6.42 Å². The summed E-state index contributed by atoms with van der Waals surface area (Å²) in [5.74, 6) is -3.47. The Morgan fingerprint density at radius 1 is 1.04 bits per heavy atom. The second-order valence-electron chi connectivity index (χ2n) is 5.76. The average Bonchev–Trinajstić information content (AvgIpc) is 3.13. The summed E-state index contributed by atoms with van der Waals surface area (Å²) in [4.78, 5) is 35.8. The monoisotopic (exact) mass is 378 g/mol. The van der Waals surface area contributed by atoms with Crippen LogP contribution in [0, 0.1) is 23.7 Å². The van der Waals surface area contributed by atoms with Crippen molar-refractivity contribution in [2.75, 3.05) is 0 Å². The number of carboxylic acids is 1. The summed E-state index contributed by atoms with van der Waals surface area (Å²) in [7, 11) is 0. The van der Waals surface area contributed by atoms with Crippen molar-refractivity contribution in [1.82, 2.24) is 10.9 Å². The Hall–Kier alpha value is -2.15. The van der Waals surface area contributed by atoms with Crippen molar-refractivity contribution in [3.8, 4) is 0 Å². The molecule has 1 aromatic carbocycles. The van der Waals surface area contributed by atoms with E-state index in [1.54, 1.807) is 24.3 Å². The molecule has 120 valence electrons. The van der Waals surface area contributed by atoms with Gasteiger partial charge in [0.1, 0.15) is 0 Å². The predicted molar refractivity (Wildman–Crippen MR) is 85.1 cm³/mol. The largest absolute Gasteiger partial charge is 0.481 e. The second kappa shape index (κ2) is 6.16. The number of rotatable bonds is 3. The molecule has 2 amide bonds. The maximum Gasteiger partial charge on any atom is 0.307 e. The number of amides is 2. The molecule has 0 radical (unpaired) electrons. The van der Waals surface area contributed by atoms with E-state index in [1.807, 2.05) is 12.2 Å². The predicted octanol–water partition coefficient (Wildman–Crippen LogP) is 1.73. The minimum absolute atomic E-state index is 0.0820. The smallest absolute Gasteiger partial charge is 0.307 e. The number of aliphatic carboxylic acids is 1. The number of halogens is 1. The van der Waals surface area contributed by atoms with Crippen LogP contribution in [0.5, 0.6) is 0 Å². The summed E-state index contributed by atoms with van der Waals surface area (Å²) in [6.45, 7) is 0. The van der Waals surface area contributed by atoms with Crippen LogP contribution >= 0.6 is 15.9 Å². The molecule has 1 aromatic rings. The quantitative estimate of drug-likeness (QED) is 0.551. The van der Waals surface area contributed by atoms with E-state index in [9.17, 15) is 19.5 Å². The number of carbonyl (C=O) groups is 3. The van der Waals surface area contributed by atoms with E-state index in [2.05, 4.69) is 26.8 Å². The van der Waals surface area contributed by atoms with E-state index < -0.39 is 29.6 Å². The topological polar surface area (TPSA) is 95.5 Å². The highest BCUT2D eigenvalue weighted by atomic mass is 79.9. The third-order valence-corrected chi connectivity index (χ3v) is 5.16. The SMILES string of the molecule is O=C(NNC(=O)[C@H]1[C@@H](C(=O)O)[C@H]2C=C[C@H]1C2)c1ccccc1Br. The van der Waals surface area contributed by atoms with E-state index >= 15 is 0 Å². The Balaban J connectivity index is 1.66. The van der Waals surface area contributed by atoms with Gasteiger partial charge in [0.15, 0.2) is 0 Å². The first-order valence-corrected chi connectivity index (χ1v) is 8.04. The fourth-order valence-corrected chi connectivity index (χ4v) is 3.90. The number of carboxylic acid groups (broad SMARTS) is 1. The summed E-state index contributed by atoms with van der Waals surface area (Å²) in [5.41, 5.74) is 5.10. The molecular weight excluding hydrogens is 364 g/mol. The van der Waals surface area contributed by atoms with Gasteiger partial charge in [-0.3, -0.25) is 25.2 Å². The molecule has 0 unspecified atom stereocenters. The molecule has 0 aromatic heterocycles. The molecule has 1 fully saturated rings. The van der Waals surface area contributed by atoms with Gasteiger partial charge in [0, 0.05) is 4.47 Å². The van der Waals surface area contributed by atoms with Gasteiger partial charge in [-0.25, -0.2) is 0 Å². The van der Waals surface area contributed by atoms with Crippen LogP contribution in [-0.4, -0.2) is 22.9 Å². The highest BCUT2D eigenvalue weighted by Crippen LogP contribution is 2.48. The van der Waals surface area contributed by atoms with E-state index in [1.165, 1.54) is 0 Å². The summed E-state index contributed by atoms with van der Waals surface area (Å²) < 4.78 is 0.609. The molecule has 1 saturated carbocycles. The summed E-state index contributed by atoms with van der Waals surface area (Å²) in [5, 5.41) is 9.34. The molecule has 2 aliphatic carbocycles. The maximum atomic E-state index is 12.3. The number of nitrogens with one attached hydrogen (secondary N) is 2. The maximum absolute atomic E-state index is 12.3. The molecule has 0 spiro atoms. The third kappa shape index (κ3) is 2.88. The van der Waals surface area contributed by atoms with E-state index in [4.69, 9.17) is 0 Å². The minimum Gasteiger partial charge on any atom is -0.481 e. The number of fused-ring (bicyclic) bond motifs is 2. The number of hydrazine groups is 1. The van der Waals surface area contributed by atoms with Gasteiger partial charge >= 0.3 is 5.97 Å². The molecule has 23 heavy (non-hydrogen) atoms. The van der Waals surface area contributed by atoms with Gasteiger partial charge in [-0.1, -0.05) is 24.3 Å². The van der Waals surface area contributed by atoms with Crippen molar-refractivity contribution in [1.29, 1.82) is 0 Å². The molecule has 0 aliphatic heterocycles. The first-order valence-electron chi connectivity index (χ1n) is 7.25. The first-order chi connectivity index (χ1) is 11.0. The number of allylic oxidation sites excluding steroid dienone is 2. The zero-order chi connectivity index (χ0) is 16.6. The van der Waals surface area contributed by atoms with E-state index in [0.29, 0.717) is 16.5 Å². The molecule has 4 atom stereocenters. The third-order valence-electron chi connectivity index (χ3n) is 4.46. The van der Waals surface area contributed by atoms with Crippen molar-refractivity contribution in [2.24, 2.45) is 23.7 Å². The van der Waals surface area contributed by atoms with Gasteiger partial charge in [-0.05, 0) is 46.3 Å². The van der Waals surface area contributed by atoms with E-state index in [-0.39, 0.29) is 11.8 Å². The molecule has 3 N–H and O–H groups in total. The van der Waals surface area contributed by atoms with Crippen LogP contribution in [0.3, 0.4) is 0 Å². The lowest BCUT2D eigenvalue weighted by atomic mass is 9.82. The molecule has 2 aliphatic rings. The standard InChI is InChI=1S/C16H15BrN2O4/c17-11-4-2-1-3-10(11)14(20)18-19-15(21)12-8-5-6-9(7-8)13(12)16(22)23/h1-6,8-9,12-13H,7H2,(H,18,20)(H,19,21)(H,22,23)/t8-,9-,12+,13-/m0/s1. The van der Waals surface area contributed by atoms with Crippen LogP contribution in [0.4, 0.5) is 0 Å². The molecular formula is C16H15BrN2O4. The molecule has 7 heteroatoms.